The van der Waals surface area contributed by atoms with Crippen LogP contribution >= 0.6 is 0 Å². The van der Waals surface area contributed by atoms with Crippen LogP contribution < -0.4 is 4.74 Å². The van der Waals surface area contributed by atoms with Crippen molar-refractivity contribution in [1.82, 2.24) is 24.6 Å². The van der Waals surface area contributed by atoms with Gasteiger partial charge in [-0.15, -0.1) is 0 Å². The molecule has 0 fully saturated rings. The summed E-state index contributed by atoms with van der Waals surface area (Å²) >= 11 is 0. The van der Waals surface area contributed by atoms with Crippen LogP contribution in [0.5, 0.6) is 11.5 Å². The summed E-state index contributed by atoms with van der Waals surface area (Å²) in [6, 6.07) is 11.3. The molecule has 0 radical (unpaired) electrons. The van der Waals surface area contributed by atoms with Crippen molar-refractivity contribution in [1.29, 1.82) is 0 Å². The Morgan fingerprint density at radius 3 is 2.74 bits per heavy atom. The first-order valence-electron chi connectivity index (χ1n) is 8.67. The lowest BCUT2D eigenvalue weighted by Gasteiger charge is -2.20. The van der Waals surface area contributed by atoms with E-state index in [9.17, 15) is 9.90 Å². The zero-order valence-electron chi connectivity index (χ0n) is 14.9. The molecule has 1 aliphatic rings. The van der Waals surface area contributed by atoms with Crippen LogP contribution in [0.2, 0.25) is 0 Å². The van der Waals surface area contributed by atoms with Crippen LogP contribution in [-0.4, -0.2) is 55.9 Å². The van der Waals surface area contributed by atoms with Crippen molar-refractivity contribution >= 4 is 5.91 Å². The van der Waals surface area contributed by atoms with Crippen molar-refractivity contribution in [3.8, 4) is 22.9 Å². The molecule has 0 unspecified atom stereocenters. The lowest BCUT2D eigenvalue weighted by Crippen LogP contribution is -2.34. The Morgan fingerprint density at radius 2 is 1.96 bits per heavy atom. The Kier molecular flexibility index (Phi) is 4.45. The molecular weight excluding hydrogens is 346 g/mol. The van der Waals surface area contributed by atoms with E-state index in [-0.39, 0.29) is 23.1 Å². The van der Waals surface area contributed by atoms with Gasteiger partial charge in [-0.2, -0.15) is 5.10 Å². The van der Waals surface area contributed by atoms with Crippen molar-refractivity contribution in [3.05, 3.63) is 54.1 Å². The minimum absolute atomic E-state index is 0.00757. The van der Waals surface area contributed by atoms with E-state index in [1.165, 1.54) is 19.4 Å². The van der Waals surface area contributed by atoms with Gasteiger partial charge in [-0.1, -0.05) is 30.3 Å². The lowest BCUT2D eigenvalue weighted by atomic mass is 10.2. The first kappa shape index (κ1) is 17.0. The minimum Gasteiger partial charge on any atom is -0.503 e. The van der Waals surface area contributed by atoms with E-state index in [4.69, 9.17) is 4.74 Å². The SMILES string of the molecule is COc1ccnc(C(=O)N2CCc3nc(-c4ccccc4)nn3CC2)c1O. The van der Waals surface area contributed by atoms with E-state index in [1.807, 2.05) is 35.0 Å². The molecule has 138 valence electrons. The summed E-state index contributed by atoms with van der Waals surface area (Å²) in [7, 11) is 1.43. The molecule has 0 saturated heterocycles. The number of aromatic nitrogens is 4. The highest BCUT2D eigenvalue weighted by Gasteiger charge is 2.26. The highest BCUT2D eigenvalue weighted by Crippen LogP contribution is 2.28. The van der Waals surface area contributed by atoms with Crippen molar-refractivity contribution in [2.45, 2.75) is 13.0 Å². The number of fused-ring (bicyclic) bond motifs is 1. The lowest BCUT2D eigenvalue weighted by molar-refractivity contribution is 0.0748. The topological polar surface area (TPSA) is 93.4 Å². The van der Waals surface area contributed by atoms with Gasteiger partial charge in [0.25, 0.3) is 5.91 Å². The van der Waals surface area contributed by atoms with Crippen molar-refractivity contribution in [3.63, 3.8) is 0 Å². The van der Waals surface area contributed by atoms with E-state index in [2.05, 4.69) is 15.1 Å². The molecule has 0 saturated carbocycles. The first-order chi connectivity index (χ1) is 13.2. The third kappa shape index (κ3) is 3.21. The monoisotopic (exact) mass is 365 g/mol. The zero-order valence-corrected chi connectivity index (χ0v) is 14.9. The van der Waals surface area contributed by atoms with Crippen LogP contribution in [0.25, 0.3) is 11.4 Å². The Labute approximate surface area is 156 Å². The fourth-order valence-electron chi connectivity index (χ4n) is 3.12. The van der Waals surface area contributed by atoms with Crippen LogP contribution in [-0.2, 0) is 13.0 Å². The molecule has 2 aromatic heterocycles. The molecule has 1 aromatic carbocycles. The molecule has 3 heterocycles. The number of amides is 1. The molecular formula is C19H19N5O3. The molecule has 0 aliphatic carbocycles. The average molecular weight is 365 g/mol. The number of pyridine rings is 1. The van der Waals surface area contributed by atoms with E-state index >= 15 is 0 Å². The maximum atomic E-state index is 12.8. The zero-order chi connectivity index (χ0) is 18.8. The summed E-state index contributed by atoms with van der Waals surface area (Å²) in [6.45, 7) is 1.47. The number of carbonyl (C=O) groups is 1. The molecule has 1 amide bonds. The molecule has 1 N–H and O–H groups in total. The summed E-state index contributed by atoms with van der Waals surface area (Å²) in [5.74, 6) is 1.19. The van der Waals surface area contributed by atoms with Gasteiger partial charge in [-0.25, -0.2) is 14.6 Å². The van der Waals surface area contributed by atoms with Gasteiger partial charge in [0, 0.05) is 37.3 Å². The number of hydrogen-bond acceptors (Lipinski definition) is 6. The Bertz CT molecular complexity index is 945. The third-order valence-electron chi connectivity index (χ3n) is 4.56. The highest BCUT2D eigenvalue weighted by atomic mass is 16.5. The van der Waals surface area contributed by atoms with E-state index in [0.717, 1.165) is 11.4 Å². The van der Waals surface area contributed by atoms with Crippen LogP contribution in [0.4, 0.5) is 0 Å². The first-order valence-corrected chi connectivity index (χ1v) is 8.67. The number of hydrogen-bond donors (Lipinski definition) is 1. The van der Waals surface area contributed by atoms with Gasteiger partial charge in [0.15, 0.2) is 23.0 Å². The summed E-state index contributed by atoms with van der Waals surface area (Å²) in [5, 5.41) is 14.8. The Balaban J connectivity index is 1.52. The van der Waals surface area contributed by atoms with Gasteiger partial charge in [-0.05, 0) is 0 Å². The standard InChI is InChI=1S/C19H19N5O3/c1-27-14-7-9-20-16(17(14)25)19(26)23-10-8-15-21-18(22-24(15)12-11-23)13-5-3-2-4-6-13/h2-7,9,25H,8,10-12H2,1H3. The second-order valence-corrected chi connectivity index (χ2v) is 6.19. The second kappa shape index (κ2) is 7.06. The van der Waals surface area contributed by atoms with Gasteiger partial charge >= 0.3 is 0 Å². The second-order valence-electron chi connectivity index (χ2n) is 6.19. The fourth-order valence-corrected chi connectivity index (χ4v) is 3.12. The normalized spacial score (nSPS) is 13.7. The molecule has 3 aromatic rings. The Morgan fingerprint density at radius 1 is 1.15 bits per heavy atom. The van der Waals surface area contributed by atoms with Crippen LogP contribution in [0.3, 0.4) is 0 Å². The predicted molar refractivity (Wildman–Crippen MR) is 97.5 cm³/mol. The largest absolute Gasteiger partial charge is 0.503 e. The van der Waals surface area contributed by atoms with Crippen LogP contribution in [0.1, 0.15) is 16.3 Å². The Hall–Kier alpha value is -3.42. The van der Waals surface area contributed by atoms with Gasteiger partial charge in [0.2, 0.25) is 0 Å². The van der Waals surface area contributed by atoms with Gasteiger partial charge < -0.3 is 14.7 Å². The number of aromatic hydroxyl groups is 1. The number of ether oxygens (including phenoxy) is 1. The van der Waals surface area contributed by atoms with E-state index < -0.39 is 0 Å². The molecule has 4 rings (SSSR count). The fraction of sp³-hybridized carbons (Fsp3) is 0.263. The highest BCUT2D eigenvalue weighted by molar-refractivity contribution is 5.95. The van der Waals surface area contributed by atoms with Crippen molar-refractivity contribution in [2.24, 2.45) is 0 Å². The average Bonchev–Trinajstić information content (AvgIpc) is 3.01. The maximum Gasteiger partial charge on any atom is 0.276 e. The molecule has 8 nitrogen and oxygen atoms in total. The van der Waals surface area contributed by atoms with Crippen LogP contribution in [0.15, 0.2) is 42.6 Å². The third-order valence-corrected chi connectivity index (χ3v) is 4.56. The van der Waals surface area contributed by atoms with Gasteiger partial charge in [0.05, 0.1) is 13.7 Å². The molecule has 0 spiro atoms. The molecule has 8 heteroatoms. The van der Waals surface area contributed by atoms with Crippen molar-refractivity contribution < 1.29 is 14.6 Å². The van der Waals surface area contributed by atoms with Gasteiger partial charge in [0.1, 0.15) is 5.82 Å². The summed E-state index contributed by atoms with van der Waals surface area (Å²) in [4.78, 5) is 23.1. The number of carbonyl (C=O) groups excluding carboxylic acids is 1. The minimum atomic E-state index is -0.333. The van der Waals surface area contributed by atoms with E-state index in [0.29, 0.717) is 31.9 Å². The molecule has 0 bridgehead atoms. The summed E-state index contributed by atoms with van der Waals surface area (Å²) < 4.78 is 6.90. The predicted octanol–water partition coefficient (Wildman–Crippen LogP) is 1.75. The van der Waals surface area contributed by atoms with E-state index in [1.54, 1.807) is 4.90 Å². The number of benzene rings is 1. The number of nitrogens with zero attached hydrogens (tertiary/aromatic N) is 5. The number of rotatable bonds is 3. The smallest absolute Gasteiger partial charge is 0.276 e. The summed E-state index contributed by atoms with van der Waals surface area (Å²) in [5.41, 5.74) is 0.961. The molecule has 1 aliphatic heterocycles. The molecule has 27 heavy (non-hydrogen) atoms. The van der Waals surface area contributed by atoms with Crippen LogP contribution in [0, 0.1) is 0 Å². The summed E-state index contributed by atoms with van der Waals surface area (Å²) in [6.07, 6.45) is 2.03. The number of methoxy groups -OCH3 is 1. The van der Waals surface area contributed by atoms with Gasteiger partial charge in [-0.3, -0.25) is 4.79 Å². The quantitative estimate of drug-likeness (QED) is 0.760. The van der Waals surface area contributed by atoms with Crippen molar-refractivity contribution in [2.75, 3.05) is 20.2 Å². The maximum absolute atomic E-state index is 12.8. The molecule has 0 atom stereocenters.